The molecule has 1 aliphatic rings. The molecule has 5 heteroatoms. The van der Waals surface area contributed by atoms with Gasteiger partial charge in [0, 0.05) is 13.2 Å². The SMILES string of the molecule is CN1CCC(c2cn(C)c3ncnc(N)c23)CC1. The van der Waals surface area contributed by atoms with E-state index < -0.39 is 0 Å². The fourth-order valence-corrected chi connectivity index (χ4v) is 2.90. The molecule has 2 aromatic heterocycles. The van der Waals surface area contributed by atoms with Crippen molar-refractivity contribution in [2.45, 2.75) is 18.8 Å². The van der Waals surface area contributed by atoms with Gasteiger partial charge < -0.3 is 15.2 Å². The summed E-state index contributed by atoms with van der Waals surface area (Å²) in [5.41, 5.74) is 8.29. The molecule has 3 heterocycles. The van der Waals surface area contributed by atoms with Gasteiger partial charge in [0.05, 0.1) is 5.39 Å². The van der Waals surface area contributed by atoms with Gasteiger partial charge >= 0.3 is 0 Å². The second kappa shape index (κ2) is 4.24. The van der Waals surface area contributed by atoms with Crippen molar-refractivity contribution in [2.24, 2.45) is 7.05 Å². The van der Waals surface area contributed by atoms with Crippen molar-refractivity contribution in [1.29, 1.82) is 0 Å². The van der Waals surface area contributed by atoms with Crippen LogP contribution < -0.4 is 5.73 Å². The molecule has 0 radical (unpaired) electrons. The van der Waals surface area contributed by atoms with Gasteiger partial charge in [-0.05, 0) is 44.5 Å². The molecule has 0 unspecified atom stereocenters. The molecular formula is C13H19N5. The predicted octanol–water partition coefficient (Wildman–Crippen LogP) is 1.36. The quantitative estimate of drug-likeness (QED) is 0.824. The number of hydrogen-bond donors (Lipinski definition) is 1. The Morgan fingerprint density at radius 3 is 2.67 bits per heavy atom. The van der Waals surface area contributed by atoms with E-state index in [4.69, 9.17) is 5.73 Å². The van der Waals surface area contributed by atoms with E-state index in [0.29, 0.717) is 11.7 Å². The van der Waals surface area contributed by atoms with E-state index in [0.717, 1.165) is 24.1 Å². The third-order valence-electron chi connectivity index (χ3n) is 3.97. The maximum Gasteiger partial charge on any atom is 0.145 e. The summed E-state index contributed by atoms with van der Waals surface area (Å²) in [6.45, 7) is 2.29. The van der Waals surface area contributed by atoms with Gasteiger partial charge in [-0.2, -0.15) is 0 Å². The fourth-order valence-electron chi connectivity index (χ4n) is 2.90. The number of aryl methyl sites for hydroxylation is 1. The molecule has 3 rings (SSSR count). The first-order chi connectivity index (χ1) is 8.66. The van der Waals surface area contributed by atoms with Crippen LogP contribution in [0.5, 0.6) is 0 Å². The lowest BCUT2D eigenvalue weighted by molar-refractivity contribution is 0.256. The molecule has 1 fully saturated rings. The number of nitrogen functional groups attached to an aromatic ring is 1. The minimum Gasteiger partial charge on any atom is -0.383 e. The Morgan fingerprint density at radius 2 is 1.94 bits per heavy atom. The highest BCUT2D eigenvalue weighted by molar-refractivity contribution is 5.90. The van der Waals surface area contributed by atoms with Gasteiger partial charge in [0.2, 0.25) is 0 Å². The van der Waals surface area contributed by atoms with Crippen LogP contribution in [-0.2, 0) is 7.05 Å². The van der Waals surface area contributed by atoms with E-state index in [1.54, 1.807) is 0 Å². The smallest absolute Gasteiger partial charge is 0.145 e. The van der Waals surface area contributed by atoms with Crippen LogP contribution in [0.15, 0.2) is 12.5 Å². The zero-order valence-corrected chi connectivity index (χ0v) is 10.9. The average molecular weight is 245 g/mol. The number of hydrogen-bond acceptors (Lipinski definition) is 4. The van der Waals surface area contributed by atoms with Crippen molar-refractivity contribution in [3.8, 4) is 0 Å². The number of likely N-dealkylation sites (tertiary alicyclic amines) is 1. The largest absolute Gasteiger partial charge is 0.383 e. The molecule has 2 aromatic rings. The van der Waals surface area contributed by atoms with Crippen molar-refractivity contribution < 1.29 is 0 Å². The zero-order chi connectivity index (χ0) is 12.7. The summed E-state index contributed by atoms with van der Waals surface area (Å²) in [7, 11) is 4.20. The van der Waals surface area contributed by atoms with E-state index in [9.17, 15) is 0 Å². The van der Waals surface area contributed by atoms with Gasteiger partial charge in [-0.25, -0.2) is 9.97 Å². The maximum atomic E-state index is 6.03. The summed E-state index contributed by atoms with van der Waals surface area (Å²) < 4.78 is 2.06. The van der Waals surface area contributed by atoms with Crippen LogP contribution in [0.1, 0.15) is 24.3 Å². The van der Waals surface area contributed by atoms with Crippen LogP contribution in [-0.4, -0.2) is 39.6 Å². The highest BCUT2D eigenvalue weighted by atomic mass is 15.1. The van der Waals surface area contributed by atoms with Crippen LogP contribution in [0, 0.1) is 0 Å². The topological polar surface area (TPSA) is 60.0 Å². The summed E-state index contributed by atoms with van der Waals surface area (Å²) in [6, 6.07) is 0. The van der Waals surface area contributed by atoms with Crippen LogP contribution >= 0.6 is 0 Å². The number of nitrogens with zero attached hydrogens (tertiary/aromatic N) is 4. The van der Waals surface area contributed by atoms with Crippen LogP contribution in [0.4, 0.5) is 5.82 Å². The second-order valence-electron chi connectivity index (χ2n) is 5.23. The molecule has 0 atom stereocenters. The third kappa shape index (κ3) is 1.75. The van der Waals surface area contributed by atoms with Crippen LogP contribution in [0.3, 0.4) is 0 Å². The summed E-state index contributed by atoms with van der Waals surface area (Å²) in [5.74, 6) is 1.19. The fraction of sp³-hybridized carbons (Fsp3) is 0.538. The van der Waals surface area contributed by atoms with Gasteiger partial charge in [-0.15, -0.1) is 0 Å². The molecule has 5 nitrogen and oxygen atoms in total. The van der Waals surface area contributed by atoms with Crippen molar-refractivity contribution in [3.05, 3.63) is 18.1 Å². The summed E-state index contributed by atoms with van der Waals surface area (Å²) in [4.78, 5) is 10.8. The number of anilines is 1. The molecule has 0 amide bonds. The van der Waals surface area contributed by atoms with Gasteiger partial charge in [-0.1, -0.05) is 0 Å². The third-order valence-corrected chi connectivity index (χ3v) is 3.97. The van der Waals surface area contributed by atoms with Crippen LogP contribution in [0.25, 0.3) is 11.0 Å². The van der Waals surface area contributed by atoms with Crippen molar-refractivity contribution >= 4 is 16.9 Å². The predicted molar refractivity (Wildman–Crippen MR) is 72.4 cm³/mol. The Labute approximate surface area is 107 Å². The first-order valence-electron chi connectivity index (χ1n) is 6.40. The Hall–Kier alpha value is -1.62. The highest BCUT2D eigenvalue weighted by Crippen LogP contribution is 2.34. The van der Waals surface area contributed by atoms with E-state index in [-0.39, 0.29) is 0 Å². The van der Waals surface area contributed by atoms with Gasteiger partial charge in [0.15, 0.2) is 0 Å². The van der Waals surface area contributed by atoms with Crippen LogP contribution in [0.2, 0.25) is 0 Å². The molecule has 0 aliphatic carbocycles. The number of piperidine rings is 1. The zero-order valence-electron chi connectivity index (χ0n) is 10.9. The highest BCUT2D eigenvalue weighted by Gasteiger charge is 2.23. The summed E-state index contributed by atoms with van der Waals surface area (Å²) in [6.07, 6.45) is 6.08. The molecule has 1 aliphatic heterocycles. The van der Waals surface area contributed by atoms with E-state index >= 15 is 0 Å². The van der Waals surface area contributed by atoms with Crippen molar-refractivity contribution in [3.63, 3.8) is 0 Å². The molecule has 18 heavy (non-hydrogen) atoms. The lowest BCUT2D eigenvalue weighted by Gasteiger charge is -2.28. The number of nitrogens with two attached hydrogens (primary N) is 1. The van der Waals surface area contributed by atoms with E-state index in [1.165, 1.54) is 24.7 Å². The lowest BCUT2D eigenvalue weighted by Crippen LogP contribution is -2.29. The minimum absolute atomic E-state index is 0.582. The number of rotatable bonds is 1. The average Bonchev–Trinajstić information content (AvgIpc) is 2.70. The van der Waals surface area contributed by atoms with Gasteiger partial charge in [-0.3, -0.25) is 0 Å². The Balaban J connectivity index is 2.07. The lowest BCUT2D eigenvalue weighted by atomic mass is 9.90. The maximum absolute atomic E-state index is 6.03. The monoisotopic (exact) mass is 245 g/mol. The molecular weight excluding hydrogens is 226 g/mol. The van der Waals surface area contributed by atoms with E-state index in [1.807, 2.05) is 7.05 Å². The molecule has 0 spiro atoms. The minimum atomic E-state index is 0.582. The first-order valence-corrected chi connectivity index (χ1v) is 6.40. The van der Waals surface area contributed by atoms with Crippen molar-refractivity contribution in [1.82, 2.24) is 19.4 Å². The first kappa shape index (κ1) is 11.5. The standard InChI is InChI=1S/C13H19N5/c1-17-5-3-9(4-6-17)10-7-18(2)13-11(10)12(14)15-8-16-13/h7-9H,3-6H2,1-2H3,(H2,14,15,16). The van der Waals surface area contributed by atoms with Gasteiger partial charge in [0.1, 0.15) is 17.8 Å². The summed E-state index contributed by atoms with van der Waals surface area (Å²) in [5, 5.41) is 1.05. The molecule has 2 N–H and O–H groups in total. The molecule has 0 bridgehead atoms. The molecule has 0 saturated carbocycles. The van der Waals surface area contributed by atoms with Crippen molar-refractivity contribution in [2.75, 3.05) is 25.9 Å². The Bertz CT molecular complexity index is 566. The second-order valence-corrected chi connectivity index (χ2v) is 5.23. The molecule has 0 aromatic carbocycles. The number of fused-ring (bicyclic) bond motifs is 1. The van der Waals surface area contributed by atoms with E-state index in [2.05, 4.69) is 32.7 Å². The Morgan fingerprint density at radius 1 is 1.22 bits per heavy atom. The summed E-state index contributed by atoms with van der Waals surface area (Å²) >= 11 is 0. The Kier molecular flexibility index (Phi) is 2.70. The normalized spacial score (nSPS) is 18.6. The van der Waals surface area contributed by atoms with Gasteiger partial charge in [0.25, 0.3) is 0 Å². The molecule has 1 saturated heterocycles. The molecule has 96 valence electrons. The number of aromatic nitrogens is 3.